The van der Waals surface area contributed by atoms with E-state index in [4.69, 9.17) is 23.2 Å². The van der Waals surface area contributed by atoms with Gasteiger partial charge in [-0.15, -0.1) is 0 Å². The molecule has 0 spiro atoms. The molecule has 0 bridgehead atoms. The third-order valence-corrected chi connectivity index (χ3v) is 5.02. The first-order chi connectivity index (χ1) is 13.3. The van der Waals surface area contributed by atoms with Gasteiger partial charge in [0.2, 0.25) is 0 Å². The van der Waals surface area contributed by atoms with Gasteiger partial charge in [-0.05, 0) is 50.2 Å². The van der Waals surface area contributed by atoms with Crippen molar-refractivity contribution >= 4 is 40.7 Å². The molecule has 2 N–H and O–H groups in total. The predicted molar refractivity (Wildman–Crippen MR) is 114 cm³/mol. The van der Waals surface area contributed by atoms with E-state index in [1.54, 1.807) is 41.3 Å². The SMILES string of the molecule is CCN(CC)C(=O)c1ccc(NC(=O)C[NH+](C)Cc2ccc(Cl)cc2Cl)cc1. The lowest BCUT2D eigenvalue weighted by Crippen LogP contribution is -3.08. The first-order valence-corrected chi connectivity index (χ1v) is 10.0. The molecule has 1 atom stereocenters. The van der Waals surface area contributed by atoms with Crippen molar-refractivity contribution in [3.8, 4) is 0 Å². The first-order valence-electron chi connectivity index (χ1n) is 9.28. The normalized spacial score (nSPS) is 11.8. The zero-order valence-electron chi connectivity index (χ0n) is 16.4. The molecule has 5 nitrogen and oxygen atoms in total. The average Bonchev–Trinajstić information content (AvgIpc) is 2.65. The molecule has 0 radical (unpaired) electrons. The van der Waals surface area contributed by atoms with Crippen molar-refractivity contribution in [2.24, 2.45) is 0 Å². The second kappa shape index (κ2) is 10.5. The van der Waals surface area contributed by atoms with Crippen LogP contribution in [0.15, 0.2) is 42.5 Å². The number of amides is 2. The van der Waals surface area contributed by atoms with Crippen LogP contribution in [0.4, 0.5) is 5.69 Å². The fraction of sp³-hybridized carbons (Fsp3) is 0.333. The van der Waals surface area contributed by atoms with Crippen LogP contribution in [0.3, 0.4) is 0 Å². The highest BCUT2D eigenvalue weighted by Crippen LogP contribution is 2.20. The van der Waals surface area contributed by atoms with Gasteiger partial charge >= 0.3 is 0 Å². The lowest BCUT2D eigenvalue weighted by Gasteiger charge is -2.18. The molecule has 150 valence electrons. The molecule has 0 aliphatic heterocycles. The minimum absolute atomic E-state index is 0.00750. The van der Waals surface area contributed by atoms with Gasteiger partial charge in [0.1, 0.15) is 6.54 Å². The highest BCUT2D eigenvalue weighted by molar-refractivity contribution is 6.35. The van der Waals surface area contributed by atoms with Gasteiger partial charge in [-0.2, -0.15) is 0 Å². The standard InChI is InChI=1S/C21H25Cl2N3O2/c1-4-26(5-2)21(28)15-7-10-18(11-8-15)24-20(27)14-25(3)13-16-6-9-17(22)12-19(16)23/h6-12H,4-5,13-14H2,1-3H3,(H,24,27)/p+1. The van der Waals surface area contributed by atoms with Crippen molar-refractivity contribution in [3.63, 3.8) is 0 Å². The summed E-state index contributed by atoms with van der Waals surface area (Å²) >= 11 is 12.1. The van der Waals surface area contributed by atoms with Crippen LogP contribution in [0, 0.1) is 0 Å². The number of hydrogen-bond acceptors (Lipinski definition) is 2. The van der Waals surface area contributed by atoms with Gasteiger partial charge in [0.05, 0.1) is 12.1 Å². The van der Waals surface area contributed by atoms with Crippen molar-refractivity contribution in [2.75, 3.05) is 32.0 Å². The molecule has 28 heavy (non-hydrogen) atoms. The number of likely N-dealkylation sites (N-methyl/N-ethyl adjacent to an activating group) is 1. The van der Waals surface area contributed by atoms with E-state index in [2.05, 4.69) is 5.32 Å². The number of nitrogens with zero attached hydrogens (tertiary/aromatic N) is 1. The van der Waals surface area contributed by atoms with Gasteiger partial charge in [-0.25, -0.2) is 0 Å². The van der Waals surface area contributed by atoms with E-state index in [0.717, 1.165) is 10.5 Å². The number of carbonyl (C=O) groups is 2. The molecular formula is C21H26Cl2N3O2+. The Balaban J connectivity index is 1.91. The Labute approximate surface area is 176 Å². The maximum Gasteiger partial charge on any atom is 0.279 e. The zero-order chi connectivity index (χ0) is 20.7. The summed E-state index contributed by atoms with van der Waals surface area (Å²) in [7, 11) is 1.93. The Morgan fingerprint density at radius 3 is 2.25 bits per heavy atom. The Kier molecular flexibility index (Phi) is 8.30. The number of quaternary nitrogens is 1. The summed E-state index contributed by atoms with van der Waals surface area (Å²) in [6.07, 6.45) is 0. The molecule has 2 aromatic carbocycles. The smallest absolute Gasteiger partial charge is 0.279 e. The monoisotopic (exact) mass is 422 g/mol. The Morgan fingerprint density at radius 2 is 1.68 bits per heavy atom. The molecule has 0 aromatic heterocycles. The molecular weight excluding hydrogens is 397 g/mol. The maximum absolute atomic E-state index is 12.3. The number of halogens is 2. The van der Waals surface area contributed by atoms with Crippen molar-refractivity contribution in [3.05, 3.63) is 63.6 Å². The van der Waals surface area contributed by atoms with Crippen molar-refractivity contribution in [1.29, 1.82) is 0 Å². The van der Waals surface area contributed by atoms with Crippen LogP contribution < -0.4 is 10.2 Å². The Hall–Kier alpha value is -2.08. The molecule has 0 saturated heterocycles. The molecule has 0 heterocycles. The summed E-state index contributed by atoms with van der Waals surface area (Å²) in [6.45, 7) is 6.14. The molecule has 0 aliphatic rings. The largest absolute Gasteiger partial charge is 0.339 e. The molecule has 2 aromatic rings. The van der Waals surface area contributed by atoms with Gasteiger partial charge in [0.15, 0.2) is 6.54 Å². The lowest BCUT2D eigenvalue weighted by atomic mass is 10.1. The predicted octanol–water partition coefficient (Wildman–Crippen LogP) is 3.13. The molecule has 7 heteroatoms. The van der Waals surface area contributed by atoms with Crippen LogP contribution in [-0.2, 0) is 11.3 Å². The number of rotatable bonds is 8. The summed E-state index contributed by atoms with van der Waals surface area (Å²) in [4.78, 5) is 27.4. The first kappa shape index (κ1) is 22.2. The van der Waals surface area contributed by atoms with Crippen LogP contribution >= 0.6 is 23.2 Å². The highest BCUT2D eigenvalue weighted by atomic mass is 35.5. The van der Waals surface area contributed by atoms with Gasteiger partial charge in [0, 0.05) is 34.9 Å². The van der Waals surface area contributed by atoms with Crippen molar-refractivity contribution in [2.45, 2.75) is 20.4 Å². The molecule has 2 amide bonds. The number of carbonyl (C=O) groups excluding carboxylic acids is 2. The van der Waals surface area contributed by atoms with Crippen LogP contribution in [0.2, 0.25) is 10.0 Å². The van der Waals surface area contributed by atoms with Gasteiger partial charge in [0.25, 0.3) is 11.8 Å². The molecule has 1 unspecified atom stereocenters. The molecule has 2 rings (SSSR count). The van der Waals surface area contributed by atoms with Crippen molar-refractivity contribution in [1.82, 2.24) is 4.90 Å². The zero-order valence-corrected chi connectivity index (χ0v) is 17.9. The van der Waals surface area contributed by atoms with Crippen LogP contribution in [0.25, 0.3) is 0 Å². The molecule has 0 saturated carbocycles. The van der Waals surface area contributed by atoms with Crippen LogP contribution in [0.5, 0.6) is 0 Å². The van der Waals surface area contributed by atoms with Crippen molar-refractivity contribution < 1.29 is 14.5 Å². The van der Waals surface area contributed by atoms with E-state index < -0.39 is 0 Å². The summed E-state index contributed by atoms with van der Waals surface area (Å²) in [5.74, 6) is -0.114. The fourth-order valence-corrected chi connectivity index (χ4v) is 3.40. The molecule has 0 fully saturated rings. The van der Waals surface area contributed by atoms with Crippen LogP contribution in [0.1, 0.15) is 29.8 Å². The quantitative estimate of drug-likeness (QED) is 0.686. The van der Waals surface area contributed by atoms with E-state index in [0.29, 0.717) is 47.5 Å². The summed E-state index contributed by atoms with van der Waals surface area (Å²) in [5.41, 5.74) is 2.22. The van der Waals surface area contributed by atoms with Gasteiger partial charge in [-0.1, -0.05) is 29.3 Å². The summed E-state index contributed by atoms with van der Waals surface area (Å²) in [6, 6.07) is 12.3. The minimum Gasteiger partial charge on any atom is -0.339 e. The summed E-state index contributed by atoms with van der Waals surface area (Å²) < 4.78 is 0. The van der Waals surface area contributed by atoms with Gasteiger partial charge in [-0.3, -0.25) is 9.59 Å². The van der Waals surface area contributed by atoms with E-state index in [-0.39, 0.29) is 11.8 Å². The highest BCUT2D eigenvalue weighted by Gasteiger charge is 2.15. The minimum atomic E-state index is -0.106. The maximum atomic E-state index is 12.3. The van der Waals surface area contributed by atoms with E-state index in [1.807, 2.05) is 27.0 Å². The van der Waals surface area contributed by atoms with E-state index in [9.17, 15) is 9.59 Å². The fourth-order valence-electron chi connectivity index (χ4n) is 2.92. The number of nitrogens with one attached hydrogen (secondary N) is 2. The second-order valence-electron chi connectivity index (χ2n) is 6.65. The van der Waals surface area contributed by atoms with Gasteiger partial charge < -0.3 is 15.1 Å². The van der Waals surface area contributed by atoms with Crippen LogP contribution in [-0.4, -0.2) is 43.4 Å². The number of anilines is 1. The Bertz CT molecular complexity index is 821. The van der Waals surface area contributed by atoms with E-state index in [1.165, 1.54) is 0 Å². The topological polar surface area (TPSA) is 53.9 Å². The third-order valence-electron chi connectivity index (χ3n) is 4.44. The third kappa shape index (κ3) is 6.23. The number of benzene rings is 2. The Morgan fingerprint density at radius 1 is 1.04 bits per heavy atom. The number of hydrogen-bond donors (Lipinski definition) is 2. The summed E-state index contributed by atoms with van der Waals surface area (Å²) in [5, 5.41) is 4.05. The molecule has 0 aliphatic carbocycles. The second-order valence-corrected chi connectivity index (χ2v) is 7.49. The lowest BCUT2D eigenvalue weighted by molar-refractivity contribution is -0.885. The average molecular weight is 423 g/mol. The van der Waals surface area contributed by atoms with E-state index >= 15 is 0 Å².